The standard InChI is InChI=1S/C23H26FN3O2/c1-17(19-5-3-2-4-6-19)14-25-22(28)21-13-23(29-26-21)11-12-27(16-23)15-18-7-9-20(24)10-8-18/h2-10,17H,11-16H2,1H3,(H,25,28)/t17-,23+/m0/s1. The first-order valence-electron chi connectivity index (χ1n) is 10.1. The van der Waals surface area contributed by atoms with Gasteiger partial charge >= 0.3 is 0 Å². The molecule has 0 bridgehead atoms. The quantitative estimate of drug-likeness (QED) is 0.815. The summed E-state index contributed by atoms with van der Waals surface area (Å²) >= 11 is 0. The molecule has 152 valence electrons. The molecule has 1 saturated heterocycles. The van der Waals surface area contributed by atoms with Crippen LogP contribution in [0.1, 0.15) is 36.8 Å². The maximum Gasteiger partial charge on any atom is 0.269 e. The van der Waals surface area contributed by atoms with E-state index in [1.807, 2.05) is 18.2 Å². The average Bonchev–Trinajstić information content (AvgIpc) is 3.35. The van der Waals surface area contributed by atoms with Crippen LogP contribution < -0.4 is 5.32 Å². The molecule has 0 saturated carbocycles. The van der Waals surface area contributed by atoms with E-state index in [0.29, 0.717) is 25.2 Å². The number of carbonyl (C=O) groups is 1. The lowest BCUT2D eigenvalue weighted by Gasteiger charge is -2.21. The Bertz CT molecular complexity index is 885. The van der Waals surface area contributed by atoms with E-state index < -0.39 is 5.60 Å². The Morgan fingerprint density at radius 1 is 1.24 bits per heavy atom. The van der Waals surface area contributed by atoms with Crippen LogP contribution in [0.4, 0.5) is 4.39 Å². The van der Waals surface area contributed by atoms with E-state index in [2.05, 4.69) is 34.4 Å². The largest absolute Gasteiger partial charge is 0.387 e. The van der Waals surface area contributed by atoms with E-state index in [0.717, 1.165) is 25.1 Å². The van der Waals surface area contributed by atoms with Crippen LogP contribution >= 0.6 is 0 Å². The second-order valence-electron chi connectivity index (χ2n) is 8.10. The Balaban J connectivity index is 1.27. The van der Waals surface area contributed by atoms with Gasteiger partial charge in [-0.15, -0.1) is 0 Å². The predicted octanol–water partition coefficient (Wildman–Crippen LogP) is 3.47. The van der Waals surface area contributed by atoms with Crippen LogP contribution in [0.25, 0.3) is 0 Å². The number of oxime groups is 1. The normalized spacial score (nSPS) is 22.3. The average molecular weight is 395 g/mol. The maximum absolute atomic E-state index is 13.1. The number of nitrogens with one attached hydrogen (secondary N) is 1. The van der Waals surface area contributed by atoms with Crippen molar-refractivity contribution in [3.05, 3.63) is 71.5 Å². The highest BCUT2D eigenvalue weighted by atomic mass is 19.1. The minimum Gasteiger partial charge on any atom is -0.387 e. The van der Waals surface area contributed by atoms with Gasteiger partial charge in [-0.1, -0.05) is 54.5 Å². The number of nitrogens with zero attached hydrogens (tertiary/aromatic N) is 2. The van der Waals surface area contributed by atoms with Crippen LogP contribution in [0.15, 0.2) is 59.8 Å². The monoisotopic (exact) mass is 395 g/mol. The zero-order valence-corrected chi connectivity index (χ0v) is 16.6. The molecule has 29 heavy (non-hydrogen) atoms. The van der Waals surface area contributed by atoms with E-state index in [-0.39, 0.29) is 17.6 Å². The van der Waals surface area contributed by atoms with Crippen molar-refractivity contribution in [3.63, 3.8) is 0 Å². The molecule has 1 fully saturated rings. The first kappa shape index (κ1) is 19.6. The van der Waals surface area contributed by atoms with Crippen LogP contribution in [0.3, 0.4) is 0 Å². The van der Waals surface area contributed by atoms with Crippen molar-refractivity contribution in [1.82, 2.24) is 10.2 Å². The smallest absolute Gasteiger partial charge is 0.269 e. The first-order valence-corrected chi connectivity index (χ1v) is 10.1. The Labute approximate surface area is 170 Å². The lowest BCUT2D eigenvalue weighted by Crippen LogP contribution is -2.37. The second kappa shape index (κ2) is 8.33. The molecule has 2 aliphatic rings. The Morgan fingerprint density at radius 3 is 2.76 bits per heavy atom. The van der Waals surface area contributed by atoms with Gasteiger partial charge in [0.25, 0.3) is 5.91 Å². The fraction of sp³-hybridized carbons (Fsp3) is 0.391. The topological polar surface area (TPSA) is 53.9 Å². The molecule has 2 aliphatic heterocycles. The van der Waals surface area contributed by atoms with Crippen LogP contribution in [-0.4, -0.2) is 41.8 Å². The molecule has 6 heteroatoms. The van der Waals surface area contributed by atoms with Gasteiger partial charge < -0.3 is 10.2 Å². The minimum atomic E-state index is -0.419. The summed E-state index contributed by atoms with van der Waals surface area (Å²) in [5.74, 6) is -0.146. The molecule has 0 aliphatic carbocycles. The third-order valence-electron chi connectivity index (χ3n) is 5.75. The molecule has 0 radical (unpaired) electrons. The van der Waals surface area contributed by atoms with Crippen molar-refractivity contribution >= 4 is 11.6 Å². The molecule has 0 aromatic heterocycles. The van der Waals surface area contributed by atoms with Gasteiger partial charge in [0.2, 0.25) is 0 Å². The van der Waals surface area contributed by atoms with Crippen molar-refractivity contribution in [2.75, 3.05) is 19.6 Å². The van der Waals surface area contributed by atoms with Crippen LogP contribution in [0, 0.1) is 5.82 Å². The van der Waals surface area contributed by atoms with Gasteiger partial charge in [-0.25, -0.2) is 4.39 Å². The minimum absolute atomic E-state index is 0.151. The molecular weight excluding hydrogens is 369 g/mol. The first-order chi connectivity index (χ1) is 14.0. The SMILES string of the molecule is C[C@@H](CNC(=O)C1=NO[C@]2(CCN(Cc3ccc(F)cc3)C2)C1)c1ccccc1. The number of amides is 1. The van der Waals surface area contributed by atoms with Gasteiger partial charge in [0.15, 0.2) is 5.60 Å². The van der Waals surface area contributed by atoms with E-state index in [1.165, 1.54) is 17.7 Å². The summed E-state index contributed by atoms with van der Waals surface area (Å²) in [7, 11) is 0. The fourth-order valence-corrected chi connectivity index (χ4v) is 4.02. The van der Waals surface area contributed by atoms with Gasteiger partial charge in [0, 0.05) is 39.0 Å². The number of hydrogen-bond donors (Lipinski definition) is 1. The summed E-state index contributed by atoms with van der Waals surface area (Å²) in [5, 5.41) is 7.09. The van der Waals surface area contributed by atoms with Gasteiger partial charge in [0.1, 0.15) is 11.5 Å². The summed E-state index contributed by atoms with van der Waals surface area (Å²) in [6.07, 6.45) is 1.35. The molecule has 2 heterocycles. The third-order valence-corrected chi connectivity index (χ3v) is 5.75. The Morgan fingerprint density at radius 2 is 2.00 bits per heavy atom. The number of benzene rings is 2. The van der Waals surface area contributed by atoms with Crippen molar-refractivity contribution in [1.29, 1.82) is 0 Å². The summed E-state index contributed by atoms with van der Waals surface area (Å²) < 4.78 is 13.1. The Hall–Kier alpha value is -2.73. The van der Waals surface area contributed by atoms with Gasteiger partial charge in [-0.05, 0) is 29.2 Å². The van der Waals surface area contributed by atoms with E-state index >= 15 is 0 Å². The highest BCUT2D eigenvalue weighted by Gasteiger charge is 2.46. The number of halogens is 1. The molecule has 2 aromatic rings. The van der Waals surface area contributed by atoms with Crippen molar-refractivity contribution < 1.29 is 14.0 Å². The number of likely N-dealkylation sites (tertiary alicyclic amines) is 1. The summed E-state index contributed by atoms with van der Waals surface area (Å²) in [4.78, 5) is 20.6. The van der Waals surface area contributed by atoms with Gasteiger partial charge in [-0.2, -0.15) is 0 Å². The fourth-order valence-electron chi connectivity index (χ4n) is 4.02. The van der Waals surface area contributed by atoms with E-state index in [4.69, 9.17) is 4.84 Å². The summed E-state index contributed by atoms with van der Waals surface area (Å²) in [6.45, 7) is 4.97. The molecule has 5 nitrogen and oxygen atoms in total. The van der Waals surface area contributed by atoms with Crippen molar-refractivity contribution in [2.45, 2.75) is 37.8 Å². The summed E-state index contributed by atoms with van der Waals surface area (Å²) in [6, 6.07) is 16.7. The van der Waals surface area contributed by atoms with Crippen LogP contribution in [0.2, 0.25) is 0 Å². The molecule has 4 rings (SSSR count). The molecule has 1 spiro atoms. The molecular formula is C23H26FN3O2. The van der Waals surface area contributed by atoms with Crippen molar-refractivity contribution in [3.8, 4) is 0 Å². The maximum atomic E-state index is 13.1. The van der Waals surface area contributed by atoms with E-state index in [1.54, 1.807) is 12.1 Å². The molecule has 1 amide bonds. The summed E-state index contributed by atoms with van der Waals surface area (Å²) in [5.41, 5.74) is 2.31. The highest BCUT2D eigenvalue weighted by Crippen LogP contribution is 2.34. The third kappa shape index (κ3) is 4.65. The predicted molar refractivity (Wildman–Crippen MR) is 110 cm³/mol. The zero-order valence-electron chi connectivity index (χ0n) is 16.6. The number of carbonyl (C=O) groups excluding carboxylic acids is 1. The lowest BCUT2D eigenvalue weighted by molar-refractivity contribution is -0.115. The van der Waals surface area contributed by atoms with Gasteiger partial charge in [-0.3, -0.25) is 9.69 Å². The number of hydrogen-bond acceptors (Lipinski definition) is 4. The Kier molecular flexibility index (Phi) is 5.62. The zero-order chi connectivity index (χ0) is 20.3. The van der Waals surface area contributed by atoms with Crippen LogP contribution in [-0.2, 0) is 16.2 Å². The molecule has 2 atom stereocenters. The lowest BCUT2D eigenvalue weighted by atomic mass is 9.96. The highest BCUT2D eigenvalue weighted by molar-refractivity contribution is 6.39. The van der Waals surface area contributed by atoms with E-state index in [9.17, 15) is 9.18 Å². The molecule has 0 unspecified atom stereocenters. The molecule has 2 aromatic carbocycles. The second-order valence-corrected chi connectivity index (χ2v) is 8.10. The van der Waals surface area contributed by atoms with Crippen molar-refractivity contribution in [2.24, 2.45) is 5.16 Å². The van der Waals surface area contributed by atoms with Gasteiger partial charge in [0.05, 0.1) is 0 Å². The number of rotatable bonds is 6. The molecule has 1 N–H and O–H groups in total. The van der Waals surface area contributed by atoms with Crippen LogP contribution in [0.5, 0.6) is 0 Å².